The van der Waals surface area contributed by atoms with E-state index in [1.807, 2.05) is 24.3 Å². The summed E-state index contributed by atoms with van der Waals surface area (Å²) < 4.78 is 8.28. The Morgan fingerprint density at radius 3 is 2.96 bits per heavy atom. The van der Waals surface area contributed by atoms with Crippen molar-refractivity contribution in [3.63, 3.8) is 0 Å². The number of H-pyrrole nitrogens is 1. The van der Waals surface area contributed by atoms with Crippen molar-refractivity contribution >= 4 is 38.0 Å². The second-order valence-electron chi connectivity index (χ2n) is 5.65. The largest absolute Gasteiger partial charge is 0.356 e. The molecule has 24 heavy (non-hydrogen) atoms. The Bertz CT molecular complexity index is 894. The first-order valence-corrected chi connectivity index (χ1v) is 10.5. The Labute approximate surface area is 147 Å². The molecule has 3 aromatic rings. The van der Waals surface area contributed by atoms with Gasteiger partial charge >= 0.3 is 4.87 Å². The quantitative estimate of drug-likeness (QED) is 0.519. The second kappa shape index (κ2) is 7.38. The van der Waals surface area contributed by atoms with Crippen LogP contribution >= 0.6 is 11.3 Å². The van der Waals surface area contributed by atoms with Crippen molar-refractivity contribution in [3.05, 3.63) is 58.0 Å². The first kappa shape index (κ1) is 17.0. The average molecular weight is 362 g/mol. The molecule has 0 spiro atoms. The van der Waals surface area contributed by atoms with E-state index < -0.39 is 0 Å². The number of nitrogens with zero attached hydrogens (tertiary/aromatic N) is 2. The highest BCUT2D eigenvalue weighted by Gasteiger charge is 2.11. The van der Waals surface area contributed by atoms with Gasteiger partial charge in [0.1, 0.15) is 12.5 Å². The van der Waals surface area contributed by atoms with Crippen molar-refractivity contribution in [3.8, 4) is 0 Å². The molecule has 5 nitrogen and oxygen atoms in total. The van der Waals surface area contributed by atoms with E-state index in [2.05, 4.69) is 29.3 Å². The van der Waals surface area contributed by atoms with Crippen LogP contribution < -0.4 is 4.87 Å². The molecule has 0 saturated carbocycles. The molecule has 0 radical (unpaired) electrons. The van der Waals surface area contributed by atoms with Gasteiger partial charge in [-0.2, -0.15) is 5.10 Å². The van der Waals surface area contributed by atoms with Gasteiger partial charge in [-0.3, -0.25) is 14.5 Å². The fourth-order valence-electron chi connectivity index (χ4n) is 2.34. The maximum atomic E-state index is 12.2. The number of hydrogen-bond acceptors (Lipinski definition) is 4. The summed E-state index contributed by atoms with van der Waals surface area (Å²) in [5.74, 6) is 1.02. The smallest absolute Gasteiger partial charge is 0.310 e. The van der Waals surface area contributed by atoms with Gasteiger partial charge in [-0.05, 0) is 40.2 Å². The lowest BCUT2D eigenvalue weighted by atomic mass is 10.0. The molecule has 2 aromatic heterocycles. The third kappa shape index (κ3) is 3.63. The molecule has 0 amide bonds. The van der Waals surface area contributed by atoms with Crippen LogP contribution in [0.3, 0.4) is 0 Å². The molecule has 0 aliphatic rings. The van der Waals surface area contributed by atoms with Crippen LogP contribution in [-0.4, -0.2) is 39.6 Å². The third-order valence-electron chi connectivity index (χ3n) is 3.70. The SMILES string of the molecule is C=C(c1ccc2c(c1)sc(=O)n2COCC[S+](C)C)c1ccn[nH]1. The number of rotatable bonds is 7. The van der Waals surface area contributed by atoms with Crippen molar-refractivity contribution in [1.82, 2.24) is 14.8 Å². The summed E-state index contributed by atoms with van der Waals surface area (Å²) in [5, 5.41) is 6.86. The van der Waals surface area contributed by atoms with Crippen LogP contribution in [0.25, 0.3) is 15.8 Å². The maximum Gasteiger partial charge on any atom is 0.310 e. The molecule has 1 N–H and O–H groups in total. The summed E-state index contributed by atoms with van der Waals surface area (Å²) in [6, 6.07) is 7.81. The second-order valence-corrected chi connectivity index (χ2v) is 9.03. The van der Waals surface area contributed by atoms with Crippen LogP contribution in [0.2, 0.25) is 0 Å². The minimum absolute atomic E-state index is 0.00120. The lowest BCUT2D eigenvalue weighted by Gasteiger charge is -2.06. The van der Waals surface area contributed by atoms with Gasteiger partial charge < -0.3 is 4.74 Å². The molecule has 0 atom stereocenters. The molecule has 3 rings (SSSR count). The first-order chi connectivity index (χ1) is 11.6. The van der Waals surface area contributed by atoms with Crippen LogP contribution in [0.5, 0.6) is 0 Å². The van der Waals surface area contributed by atoms with Gasteiger partial charge in [0.15, 0.2) is 0 Å². The Morgan fingerprint density at radius 2 is 2.25 bits per heavy atom. The number of ether oxygens (including phenoxy) is 1. The van der Waals surface area contributed by atoms with Crippen molar-refractivity contribution in [2.24, 2.45) is 0 Å². The molecule has 0 unspecified atom stereocenters. The van der Waals surface area contributed by atoms with E-state index in [0.29, 0.717) is 24.2 Å². The zero-order valence-corrected chi connectivity index (χ0v) is 15.4. The number of fused-ring (bicyclic) bond motifs is 1. The third-order valence-corrected chi connectivity index (χ3v) is 5.62. The van der Waals surface area contributed by atoms with E-state index in [1.54, 1.807) is 10.8 Å². The predicted molar refractivity (Wildman–Crippen MR) is 103 cm³/mol. The fraction of sp³-hybridized carbons (Fsp3) is 0.294. The van der Waals surface area contributed by atoms with E-state index >= 15 is 0 Å². The van der Waals surface area contributed by atoms with E-state index in [-0.39, 0.29) is 4.87 Å². The predicted octanol–water partition coefficient (Wildman–Crippen LogP) is 2.70. The number of aromatic amines is 1. The standard InChI is InChI=1S/C17H20N3O2S2/c1-12(14-6-7-18-19-14)13-4-5-15-16(10-13)23-17(21)20(15)11-22-8-9-24(2)3/h4-7,10H,1,8-9,11H2,2-3H3,(H,18,19)/q+1. The molecule has 0 aliphatic carbocycles. The maximum absolute atomic E-state index is 12.2. The van der Waals surface area contributed by atoms with Crippen molar-refractivity contribution in [1.29, 1.82) is 0 Å². The van der Waals surface area contributed by atoms with Gasteiger partial charge in [0, 0.05) is 6.20 Å². The molecule has 0 fully saturated rings. The molecular formula is C17H20N3O2S2+. The average Bonchev–Trinajstić information content (AvgIpc) is 3.18. The summed E-state index contributed by atoms with van der Waals surface area (Å²) in [5.41, 5.74) is 3.61. The molecular weight excluding hydrogens is 342 g/mol. The molecule has 0 saturated heterocycles. The van der Waals surface area contributed by atoms with Gasteiger partial charge in [0.2, 0.25) is 0 Å². The van der Waals surface area contributed by atoms with Gasteiger partial charge in [-0.1, -0.05) is 24.0 Å². The van der Waals surface area contributed by atoms with Crippen molar-refractivity contribution in [2.75, 3.05) is 24.9 Å². The van der Waals surface area contributed by atoms with E-state index in [4.69, 9.17) is 4.74 Å². The topological polar surface area (TPSA) is 59.9 Å². The fourth-order valence-corrected chi connectivity index (χ4v) is 3.71. The molecule has 0 aliphatic heterocycles. The monoisotopic (exact) mass is 362 g/mol. The highest BCUT2D eigenvalue weighted by Crippen LogP contribution is 2.25. The Balaban J connectivity index is 1.82. The lowest BCUT2D eigenvalue weighted by molar-refractivity contribution is 0.0913. The summed E-state index contributed by atoms with van der Waals surface area (Å²) in [7, 11) is 0.353. The van der Waals surface area contributed by atoms with E-state index in [9.17, 15) is 4.79 Å². The Hall–Kier alpha value is -1.83. The highest BCUT2D eigenvalue weighted by atomic mass is 32.2. The summed E-state index contributed by atoms with van der Waals surface area (Å²) in [6.07, 6.45) is 6.07. The zero-order chi connectivity index (χ0) is 17.1. The minimum atomic E-state index is 0.00120. The zero-order valence-electron chi connectivity index (χ0n) is 13.7. The number of nitrogens with one attached hydrogen (secondary N) is 1. The van der Waals surface area contributed by atoms with Crippen LogP contribution in [0.1, 0.15) is 11.3 Å². The minimum Gasteiger partial charge on any atom is -0.356 e. The van der Waals surface area contributed by atoms with Crippen molar-refractivity contribution < 1.29 is 4.74 Å². The number of benzene rings is 1. The van der Waals surface area contributed by atoms with Gasteiger partial charge in [-0.15, -0.1) is 0 Å². The summed E-state index contributed by atoms with van der Waals surface area (Å²) >= 11 is 1.23. The molecule has 7 heteroatoms. The highest BCUT2D eigenvalue weighted by molar-refractivity contribution is 7.95. The van der Waals surface area contributed by atoms with Gasteiger partial charge in [-0.25, -0.2) is 0 Å². The Morgan fingerprint density at radius 1 is 1.42 bits per heavy atom. The van der Waals surface area contributed by atoms with Crippen LogP contribution in [0.4, 0.5) is 0 Å². The van der Waals surface area contributed by atoms with E-state index in [1.165, 1.54) is 11.3 Å². The molecule has 1 aromatic carbocycles. The van der Waals surface area contributed by atoms with Crippen LogP contribution in [-0.2, 0) is 22.4 Å². The van der Waals surface area contributed by atoms with E-state index in [0.717, 1.165) is 32.8 Å². The Kier molecular flexibility index (Phi) is 5.23. The lowest BCUT2D eigenvalue weighted by Crippen LogP contribution is -2.17. The number of hydrogen-bond donors (Lipinski definition) is 1. The van der Waals surface area contributed by atoms with Crippen molar-refractivity contribution in [2.45, 2.75) is 6.73 Å². The van der Waals surface area contributed by atoms with Crippen LogP contribution in [0, 0.1) is 0 Å². The summed E-state index contributed by atoms with van der Waals surface area (Å²) in [6.45, 7) is 5.08. The normalized spacial score (nSPS) is 11.5. The van der Waals surface area contributed by atoms with Crippen LogP contribution in [0.15, 0.2) is 41.8 Å². The number of thiazole rings is 1. The number of aromatic nitrogens is 3. The van der Waals surface area contributed by atoms with Gasteiger partial charge in [0.05, 0.1) is 35.0 Å². The van der Waals surface area contributed by atoms with Gasteiger partial charge in [0.25, 0.3) is 0 Å². The molecule has 2 heterocycles. The molecule has 0 bridgehead atoms. The summed E-state index contributed by atoms with van der Waals surface area (Å²) in [4.78, 5) is 12.2. The molecule has 126 valence electrons. The first-order valence-electron chi connectivity index (χ1n) is 7.50.